The molecule has 0 radical (unpaired) electrons. The third-order valence-electron chi connectivity index (χ3n) is 3.15. The van der Waals surface area contributed by atoms with Crippen LogP contribution in [0.3, 0.4) is 0 Å². The van der Waals surface area contributed by atoms with Crippen molar-refractivity contribution in [1.82, 2.24) is 10.2 Å². The van der Waals surface area contributed by atoms with E-state index in [0.717, 1.165) is 19.5 Å². The summed E-state index contributed by atoms with van der Waals surface area (Å²) >= 11 is 0. The second-order valence-electron chi connectivity index (χ2n) is 5.14. The first-order valence-electron chi connectivity index (χ1n) is 6.91. The molecule has 0 aliphatic carbocycles. The number of ether oxygens (including phenoxy) is 2. The molecule has 2 atom stereocenters. The number of hydrogen-bond donors (Lipinski definition) is 1. The van der Waals surface area contributed by atoms with Crippen molar-refractivity contribution in [2.45, 2.75) is 38.8 Å². The van der Waals surface area contributed by atoms with E-state index in [0.29, 0.717) is 19.8 Å². The first-order chi connectivity index (χ1) is 9.02. The highest BCUT2D eigenvalue weighted by atomic mass is 16.5. The Balaban J connectivity index is 4.61. The van der Waals surface area contributed by atoms with Gasteiger partial charge in [-0.25, -0.2) is 0 Å². The lowest BCUT2D eigenvalue weighted by Crippen LogP contribution is -2.54. The summed E-state index contributed by atoms with van der Waals surface area (Å²) in [5, 5.41) is 12.7. The molecular weight excluding hydrogens is 242 g/mol. The van der Waals surface area contributed by atoms with Gasteiger partial charge in [0.05, 0.1) is 19.3 Å². The van der Waals surface area contributed by atoms with Crippen molar-refractivity contribution in [3.8, 4) is 6.07 Å². The molecule has 0 aromatic rings. The van der Waals surface area contributed by atoms with Crippen LogP contribution in [0.25, 0.3) is 0 Å². The average molecular weight is 271 g/mol. The van der Waals surface area contributed by atoms with Gasteiger partial charge < -0.3 is 9.47 Å². The van der Waals surface area contributed by atoms with Crippen LogP contribution < -0.4 is 5.32 Å². The number of nitriles is 1. The molecule has 0 aromatic carbocycles. The Labute approximate surface area is 117 Å². The normalized spacial score (nSPS) is 16.1. The monoisotopic (exact) mass is 271 g/mol. The molecule has 2 unspecified atom stereocenters. The molecule has 0 aliphatic rings. The first-order valence-corrected chi connectivity index (χ1v) is 6.91. The maximum Gasteiger partial charge on any atom is 0.116 e. The maximum atomic E-state index is 9.40. The zero-order valence-electron chi connectivity index (χ0n) is 13.0. The van der Waals surface area contributed by atoms with Gasteiger partial charge in [0.2, 0.25) is 0 Å². The Morgan fingerprint density at radius 3 is 2.53 bits per heavy atom. The summed E-state index contributed by atoms with van der Waals surface area (Å²) in [4.78, 5) is 2.24. The lowest BCUT2D eigenvalue weighted by Gasteiger charge is -2.35. The van der Waals surface area contributed by atoms with Gasteiger partial charge in [-0.2, -0.15) is 5.26 Å². The average Bonchev–Trinajstić information content (AvgIpc) is 2.41. The van der Waals surface area contributed by atoms with Gasteiger partial charge in [0.1, 0.15) is 5.54 Å². The Kier molecular flexibility index (Phi) is 9.80. The van der Waals surface area contributed by atoms with Crippen molar-refractivity contribution in [1.29, 1.82) is 5.26 Å². The summed E-state index contributed by atoms with van der Waals surface area (Å²) in [6.07, 6.45) is 1.02. The van der Waals surface area contributed by atoms with Gasteiger partial charge >= 0.3 is 0 Å². The molecule has 0 rings (SSSR count). The van der Waals surface area contributed by atoms with Crippen molar-refractivity contribution < 1.29 is 9.47 Å². The van der Waals surface area contributed by atoms with Gasteiger partial charge in [0.15, 0.2) is 0 Å². The van der Waals surface area contributed by atoms with E-state index in [-0.39, 0.29) is 6.04 Å². The molecule has 0 aromatic heterocycles. The Hall–Kier alpha value is -0.670. The highest BCUT2D eigenvalue weighted by molar-refractivity contribution is 5.06. The third kappa shape index (κ3) is 7.48. The quantitative estimate of drug-likeness (QED) is 0.613. The van der Waals surface area contributed by atoms with E-state index in [4.69, 9.17) is 9.47 Å². The molecule has 112 valence electrons. The van der Waals surface area contributed by atoms with Crippen LogP contribution in [0.5, 0.6) is 0 Å². The largest absolute Gasteiger partial charge is 0.383 e. The minimum atomic E-state index is -0.536. The van der Waals surface area contributed by atoms with E-state index in [1.54, 1.807) is 14.2 Å². The fourth-order valence-corrected chi connectivity index (χ4v) is 1.95. The van der Waals surface area contributed by atoms with E-state index in [2.05, 4.69) is 30.1 Å². The number of methoxy groups -OCH3 is 2. The predicted octanol–water partition coefficient (Wildman–Crippen LogP) is 1.25. The van der Waals surface area contributed by atoms with Crippen molar-refractivity contribution >= 4 is 0 Å². The van der Waals surface area contributed by atoms with Crippen molar-refractivity contribution in [2.24, 2.45) is 0 Å². The first kappa shape index (κ1) is 18.3. The van der Waals surface area contributed by atoms with Crippen molar-refractivity contribution in [3.63, 3.8) is 0 Å². The zero-order valence-corrected chi connectivity index (χ0v) is 13.0. The second kappa shape index (κ2) is 10.2. The molecule has 0 spiro atoms. The Morgan fingerprint density at radius 2 is 2.05 bits per heavy atom. The molecule has 0 amide bonds. The van der Waals surface area contributed by atoms with Crippen LogP contribution in [0.4, 0.5) is 0 Å². The minimum Gasteiger partial charge on any atom is -0.383 e. The zero-order chi connectivity index (χ0) is 14.7. The molecule has 19 heavy (non-hydrogen) atoms. The van der Waals surface area contributed by atoms with Crippen LogP contribution in [0, 0.1) is 11.3 Å². The molecule has 0 heterocycles. The smallest absolute Gasteiger partial charge is 0.116 e. The number of nitrogens with zero attached hydrogens (tertiary/aromatic N) is 2. The standard InChI is InChI=1S/C14H29N3O2/c1-6-7-16-14(3,11-15)12-17(8-9-18-4)13(2)10-19-5/h13,16H,6-10,12H2,1-5H3. The highest BCUT2D eigenvalue weighted by Crippen LogP contribution is 2.09. The summed E-state index contributed by atoms with van der Waals surface area (Å²) in [5.41, 5.74) is -0.536. The molecule has 0 saturated carbocycles. The van der Waals surface area contributed by atoms with Crippen LogP contribution in [-0.4, -0.2) is 63.5 Å². The summed E-state index contributed by atoms with van der Waals surface area (Å²) < 4.78 is 10.4. The lowest BCUT2D eigenvalue weighted by molar-refractivity contribution is 0.0637. The van der Waals surface area contributed by atoms with Crippen LogP contribution in [0.15, 0.2) is 0 Å². The van der Waals surface area contributed by atoms with E-state index >= 15 is 0 Å². The summed E-state index contributed by atoms with van der Waals surface area (Å²) in [5.74, 6) is 0. The Bertz CT molecular complexity index is 268. The summed E-state index contributed by atoms with van der Waals surface area (Å²) in [6, 6.07) is 2.64. The second-order valence-corrected chi connectivity index (χ2v) is 5.14. The SMILES string of the molecule is CCCNC(C)(C#N)CN(CCOC)C(C)COC. The van der Waals surface area contributed by atoms with Crippen molar-refractivity contribution in [2.75, 3.05) is 47.1 Å². The van der Waals surface area contributed by atoms with E-state index in [1.165, 1.54) is 0 Å². The van der Waals surface area contributed by atoms with E-state index in [9.17, 15) is 5.26 Å². The fourth-order valence-electron chi connectivity index (χ4n) is 1.95. The van der Waals surface area contributed by atoms with Gasteiger partial charge in [0, 0.05) is 33.4 Å². The van der Waals surface area contributed by atoms with Gasteiger partial charge in [-0.1, -0.05) is 6.92 Å². The molecule has 0 bridgehead atoms. The fraction of sp³-hybridized carbons (Fsp3) is 0.929. The number of hydrogen-bond acceptors (Lipinski definition) is 5. The van der Waals surface area contributed by atoms with Gasteiger partial charge in [-0.05, 0) is 26.8 Å². The molecule has 0 fully saturated rings. The topological polar surface area (TPSA) is 57.5 Å². The predicted molar refractivity (Wildman–Crippen MR) is 77.1 cm³/mol. The number of nitrogens with one attached hydrogen (secondary N) is 1. The summed E-state index contributed by atoms with van der Waals surface area (Å²) in [6.45, 7) is 9.77. The molecule has 0 saturated heterocycles. The van der Waals surface area contributed by atoms with Crippen LogP contribution >= 0.6 is 0 Å². The van der Waals surface area contributed by atoms with E-state index < -0.39 is 5.54 Å². The van der Waals surface area contributed by atoms with Crippen molar-refractivity contribution in [3.05, 3.63) is 0 Å². The van der Waals surface area contributed by atoms with E-state index in [1.807, 2.05) is 6.92 Å². The number of rotatable bonds is 11. The molecular formula is C14H29N3O2. The molecule has 5 nitrogen and oxygen atoms in total. The van der Waals surface area contributed by atoms with Crippen LogP contribution in [0.2, 0.25) is 0 Å². The Morgan fingerprint density at radius 1 is 1.37 bits per heavy atom. The molecule has 5 heteroatoms. The highest BCUT2D eigenvalue weighted by Gasteiger charge is 2.28. The molecule has 1 N–H and O–H groups in total. The van der Waals surface area contributed by atoms with Crippen LogP contribution in [0.1, 0.15) is 27.2 Å². The van der Waals surface area contributed by atoms with Crippen LogP contribution in [-0.2, 0) is 9.47 Å². The van der Waals surface area contributed by atoms with Gasteiger partial charge in [0.25, 0.3) is 0 Å². The van der Waals surface area contributed by atoms with Gasteiger partial charge in [-0.3, -0.25) is 10.2 Å². The lowest BCUT2D eigenvalue weighted by atomic mass is 10.0. The minimum absolute atomic E-state index is 0.260. The maximum absolute atomic E-state index is 9.40. The molecule has 0 aliphatic heterocycles. The summed E-state index contributed by atoms with van der Waals surface area (Å²) in [7, 11) is 3.39. The van der Waals surface area contributed by atoms with Gasteiger partial charge in [-0.15, -0.1) is 0 Å². The third-order valence-corrected chi connectivity index (χ3v) is 3.15.